The first-order valence-electron chi connectivity index (χ1n) is 3.62. The number of carbonyl (C=O) groups excluding carboxylic acids is 1. The normalized spacial score (nSPS) is 28.2. The van der Waals surface area contributed by atoms with Gasteiger partial charge in [0.1, 0.15) is 6.17 Å². The standard InChI is InChI=1S/C7H9N3O/c11-5-6-3-8-7-1-2-9-10(7)4-6/h3-5,7,9H,1-2H2. The SMILES string of the molecule is O=CC1=CN2NCCC2N=C1. The van der Waals surface area contributed by atoms with Crippen LogP contribution in [0.2, 0.25) is 0 Å². The Kier molecular flexibility index (Phi) is 1.47. The summed E-state index contributed by atoms with van der Waals surface area (Å²) in [6.45, 7) is 0.935. The molecule has 11 heavy (non-hydrogen) atoms. The third-order valence-electron chi connectivity index (χ3n) is 1.84. The van der Waals surface area contributed by atoms with Crippen molar-refractivity contribution in [2.75, 3.05) is 6.54 Å². The molecule has 2 heterocycles. The third-order valence-corrected chi connectivity index (χ3v) is 1.84. The van der Waals surface area contributed by atoms with Gasteiger partial charge >= 0.3 is 0 Å². The second-order valence-corrected chi connectivity index (χ2v) is 2.61. The number of hydrogen-bond donors (Lipinski definition) is 1. The molecule has 4 nitrogen and oxygen atoms in total. The lowest BCUT2D eigenvalue weighted by Gasteiger charge is -2.21. The van der Waals surface area contributed by atoms with Crippen LogP contribution in [-0.2, 0) is 4.79 Å². The fourth-order valence-electron chi connectivity index (χ4n) is 1.27. The molecule has 1 saturated heterocycles. The number of hydrazine groups is 1. The van der Waals surface area contributed by atoms with Gasteiger partial charge in [-0.2, -0.15) is 0 Å². The number of rotatable bonds is 1. The first kappa shape index (κ1) is 6.54. The fourth-order valence-corrected chi connectivity index (χ4v) is 1.27. The van der Waals surface area contributed by atoms with Gasteiger partial charge in [-0.15, -0.1) is 0 Å². The van der Waals surface area contributed by atoms with Crippen LogP contribution in [0.25, 0.3) is 0 Å². The van der Waals surface area contributed by atoms with Crippen LogP contribution in [0.4, 0.5) is 0 Å². The molecule has 0 aromatic heterocycles. The molecule has 1 atom stereocenters. The highest BCUT2D eigenvalue weighted by Gasteiger charge is 2.22. The van der Waals surface area contributed by atoms with Gasteiger partial charge in [-0.3, -0.25) is 14.8 Å². The summed E-state index contributed by atoms with van der Waals surface area (Å²) in [7, 11) is 0. The van der Waals surface area contributed by atoms with Gasteiger partial charge in [0.15, 0.2) is 6.29 Å². The number of hydrogen-bond acceptors (Lipinski definition) is 4. The Bertz CT molecular complexity index is 234. The van der Waals surface area contributed by atoms with Crippen LogP contribution in [0.3, 0.4) is 0 Å². The number of carbonyl (C=O) groups is 1. The van der Waals surface area contributed by atoms with Gasteiger partial charge in [-0.05, 0) is 0 Å². The van der Waals surface area contributed by atoms with Gasteiger partial charge in [-0.1, -0.05) is 0 Å². The van der Waals surface area contributed by atoms with E-state index in [2.05, 4.69) is 10.4 Å². The summed E-state index contributed by atoms with van der Waals surface area (Å²) in [4.78, 5) is 14.5. The summed E-state index contributed by atoms with van der Waals surface area (Å²) >= 11 is 0. The van der Waals surface area contributed by atoms with E-state index in [0.717, 1.165) is 19.3 Å². The molecule has 4 heteroatoms. The van der Waals surface area contributed by atoms with Crippen molar-refractivity contribution in [3.8, 4) is 0 Å². The number of fused-ring (bicyclic) bond motifs is 1. The smallest absolute Gasteiger partial charge is 0.153 e. The maximum absolute atomic E-state index is 10.3. The summed E-state index contributed by atoms with van der Waals surface area (Å²) < 4.78 is 0. The highest BCUT2D eigenvalue weighted by Crippen LogP contribution is 2.14. The molecule has 58 valence electrons. The minimum atomic E-state index is 0.207. The monoisotopic (exact) mass is 151 g/mol. The average molecular weight is 151 g/mol. The molecule has 1 fully saturated rings. The van der Waals surface area contributed by atoms with Crippen LogP contribution in [0.15, 0.2) is 16.8 Å². The van der Waals surface area contributed by atoms with Crippen molar-refractivity contribution >= 4 is 12.5 Å². The van der Waals surface area contributed by atoms with Crippen LogP contribution < -0.4 is 5.43 Å². The van der Waals surface area contributed by atoms with Crippen LogP contribution in [0.5, 0.6) is 0 Å². The lowest BCUT2D eigenvalue weighted by molar-refractivity contribution is -0.104. The molecule has 0 saturated carbocycles. The molecule has 0 aromatic rings. The zero-order chi connectivity index (χ0) is 7.68. The zero-order valence-corrected chi connectivity index (χ0v) is 6.03. The second-order valence-electron chi connectivity index (χ2n) is 2.61. The van der Waals surface area contributed by atoms with E-state index in [-0.39, 0.29) is 6.17 Å². The van der Waals surface area contributed by atoms with E-state index in [1.807, 2.05) is 5.01 Å². The van der Waals surface area contributed by atoms with E-state index in [0.29, 0.717) is 5.57 Å². The molecule has 0 radical (unpaired) electrons. The lowest BCUT2D eigenvalue weighted by atomic mass is 10.3. The van der Waals surface area contributed by atoms with Gasteiger partial charge in [0.2, 0.25) is 0 Å². The maximum Gasteiger partial charge on any atom is 0.153 e. The average Bonchev–Trinajstić information content (AvgIpc) is 2.50. The van der Waals surface area contributed by atoms with Crippen LogP contribution in [0.1, 0.15) is 6.42 Å². The number of aldehydes is 1. The molecule has 2 rings (SSSR count). The van der Waals surface area contributed by atoms with Crippen LogP contribution >= 0.6 is 0 Å². The minimum absolute atomic E-state index is 0.207. The highest BCUT2D eigenvalue weighted by atomic mass is 16.1. The van der Waals surface area contributed by atoms with Crippen molar-refractivity contribution in [1.29, 1.82) is 0 Å². The third kappa shape index (κ3) is 1.05. The highest BCUT2D eigenvalue weighted by molar-refractivity contribution is 6.02. The number of aliphatic imine (C=N–C) groups is 1. The Morgan fingerprint density at radius 3 is 3.55 bits per heavy atom. The van der Waals surface area contributed by atoms with Crippen molar-refractivity contribution in [3.05, 3.63) is 11.8 Å². The van der Waals surface area contributed by atoms with Gasteiger partial charge in [-0.25, -0.2) is 5.43 Å². The van der Waals surface area contributed by atoms with E-state index < -0.39 is 0 Å². The van der Waals surface area contributed by atoms with Gasteiger partial charge in [0.05, 0.1) is 0 Å². The topological polar surface area (TPSA) is 44.7 Å². The zero-order valence-electron chi connectivity index (χ0n) is 6.03. The first-order valence-corrected chi connectivity index (χ1v) is 3.62. The summed E-state index contributed by atoms with van der Waals surface area (Å²) in [6, 6.07) is 0. The van der Waals surface area contributed by atoms with Crippen molar-refractivity contribution in [2.45, 2.75) is 12.6 Å². The van der Waals surface area contributed by atoms with Crippen molar-refractivity contribution in [2.24, 2.45) is 4.99 Å². The lowest BCUT2D eigenvalue weighted by Crippen LogP contribution is -2.33. The van der Waals surface area contributed by atoms with Crippen molar-refractivity contribution in [3.63, 3.8) is 0 Å². The predicted octanol–water partition coefficient (Wildman–Crippen LogP) is -0.310. The Morgan fingerprint density at radius 2 is 2.73 bits per heavy atom. The van der Waals surface area contributed by atoms with Crippen LogP contribution in [-0.4, -0.2) is 30.2 Å². The van der Waals surface area contributed by atoms with E-state index in [4.69, 9.17) is 0 Å². The second kappa shape index (κ2) is 2.47. The maximum atomic E-state index is 10.3. The summed E-state index contributed by atoms with van der Waals surface area (Å²) in [5.41, 5.74) is 3.73. The molecule has 0 aliphatic carbocycles. The summed E-state index contributed by atoms with van der Waals surface area (Å²) in [6.07, 6.45) is 5.44. The van der Waals surface area contributed by atoms with E-state index >= 15 is 0 Å². The molecule has 1 N–H and O–H groups in total. The van der Waals surface area contributed by atoms with E-state index in [1.54, 1.807) is 12.4 Å². The number of nitrogens with zero attached hydrogens (tertiary/aromatic N) is 2. The molecular weight excluding hydrogens is 142 g/mol. The Morgan fingerprint density at radius 1 is 1.82 bits per heavy atom. The Labute approximate surface area is 64.6 Å². The predicted molar refractivity (Wildman–Crippen MR) is 40.9 cm³/mol. The molecule has 1 unspecified atom stereocenters. The Balaban J connectivity index is 2.20. The molecule has 2 aliphatic rings. The summed E-state index contributed by atoms with van der Waals surface area (Å²) in [5.74, 6) is 0. The van der Waals surface area contributed by atoms with Crippen LogP contribution in [0, 0.1) is 0 Å². The number of allylic oxidation sites excluding steroid dienone is 1. The largest absolute Gasteiger partial charge is 0.298 e. The van der Waals surface area contributed by atoms with Crippen molar-refractivity contribution in [1.82, 2.24) is 10.4 Å². The molecule has 2 aliphatic heterocycles. The molecule has 0 aromatic carbocycles. The Hall–Kier alpha value is -1.16. The molecular formula is C7H9N3O. The molecule has 0 spiro atoms. The van der Waals surface area contributed by atoms with Gasteiger partial charge in [0.25, 0.3) is 0 Å². The summed E-state index contributed by atoms with van der Waals surface area (Å²) in [5, 5.41) is 1.88. The van der Waals surface area contributed by atoms with E-state index in [9.17, 15) is 4.79 Å². The van der Waals surface area contributed by atoms with Crippen molar-refractivity contribution < 1.29 is 4.79 Å². The molecule has 0 amide bonds. The first-order chi connectivity index (χ1) is 5.40. The minimum Gasteiger partial charge on any atom is -0.298 e. The fraction of sp³-hybridized carbons (Fsp3) is 0.429. The van der Waals surface area contributed by atoms with E-state index in [1.165, 1.54) is 0 Å². The quantitative estimate of drug-likeness (QED) is 0.523. The number of nitrogens with one attached hydrogen (secondary N) is 1. The van der Waals surface area contributed by atoms with Gasteiger partial charge < -0.3 is 0 Å². The van der Waals surface area contributed by atoms with Gasteiger partial charge in [0, 0.05) is 31.0 Å². The molecule has 0 bridgehead atoms.